The molecule has 6 heteroatoms. The molecule has 0 spiro atoms. The molecule has 0 aliphatic carbocycles. The van der Waals surface area contributed by atoms with E-state index in [9.17, 15) is 0 Å². The van der Waals surface area contributed by atoms with Crippen molar-refractivity contribution in [1.82, 2.24) is 9.97 Å². The predicted molar refractivity (Wildman–Crippen MR) is 72.0 cm³/mol. The molecule has 0 unspecified atom stereocenters. The van der Waals surface area contributed by atoms with Crippen LogP contribution >= 0.6 is 0 Å². The topological polar surface area (TPSA) is 82.3 Å². The van der Waals surface area contributed by atoms with Crippen LogP contribution in [0.1, 0.15) is 25.6 Å². The van der Waals surface area contributed by atoms with Crippen LogP contribution in [0.2, 0.25) is 0 Å². The first-order valence-corrected chi connectivity index (χ1v) is 6.18. The lowest BCUT2D eigenvalue weighted by molar-refractivity contribution is 0.144. The number of unbranched alkanes of at least 4 members (excludes halogenated alkanes) is 1. The van der Waals surface area contributed by atoms with Crippen LogP contribution in [0.4, 0.5) is 11.5 Å². The fraction of sp³-hybridized carbons (Fsp3) is 0.667. The van der Waals surface area contributed by atoms with E-state index in [0.717, 1.165) is 19.4 Å². The second-order valence-corrected chi connectivity index (χ2v) is 3.96. The SMILES string of the molecule is CCCCNc1nc(C)nc(OCCOC)c1N. The molecule has 1 rings (SSSR count). The van der Waals surface area contributed by atoms with Gasteiger partial charge >= 0.3 is 0 Å². The zero-order valence-corrected chi connectivity index (χ0v) is 11.3. The Hall–Kier alpha value is -1.56. The Morgan fingerprint density at radius 3 is 2.72 bits per heavy atom. The van der Waals surface area contributed by atoms with E-state index >= 15 is 0 Å². The fourth-order valence-electron chi connectivity index (χ4n) is 1.41. The molecule has 1 aromatic heterocycles. The van der Waals surface area contributed by atoms with E-state index in [2.05, 4.69) is 22.2 Å². The van der Waals surface area contributed by atoms with Gasteiger partial charge < -0.3 is 20.5 Å². The van der Waals surface area contributed by atoms with Gasteiger partial charge in [-0.05, 0) is 13.3 Å². The molecule has 102 valence electrons. The van der Waals surface area contributed by atoms with Crippen molar-refractivity contribution >= 4 is 11.5 Å². The fourth-order valence-corrected chi connectivity index (χ4v) is 1.41. The number of aromatic nitrogens is 2. The molecular formula is C12H22N4O2. The molecule has 0 atom stereocenters. The zero-order chi connectivity index (χ0) is 13.4. The Morgan fingerprint density at radius 1 is 1.28 bits per heavy atom. The van der Waals surface area contributed by atoms with Crippen molar-refractivity contribution in [1.29, 1.82) is 0 Å². The minimum Gasteiger partial charge on any atom is -0.474 e. The molecule has 0 bridgehead atoms. The van der Waals surface area contributed by atoms with E-state index in [4.69, 9.17) is 15.2 Å². The number of hydrogen-bond acceptors (Lipinski definition) is 6. The lowest BCUT2D eigenvalue weighted by atomic mass is 10.3. The van der Waals surface area contributed by atoms with Crippen LogP contribution in [0.25, 0.3) is 0 Å². The highest BCUT2D eigenvalue weighted by atomic mass is 16.5. The van der Waals surface area contributed by atoms with Gasteiger partial charge in [-0.2, -0.15) is 4.98 Å². The van der Waals surface area contributed by atoms with Crippen LogP contribution in [0.3, 0.4) is 0 Å². The van der Waals surface area contributed by atoms with E-state index in [-0.39, 0.29) is 0 Å². The number of nitrogen functional groups attached to an aromatic ring is 1. The van der Waals surface area contributed by atoms with Gasteiger partial charge in [-0.15, -0.1) is 0 Å². The molecule has 3 N–H and O–H groups in total. The average molecular weight is 254 g/mol. The Balaban J connectivity index is 2.71. The number of methoxy groups -OCH3 is 1. The van der Waals surface area contributed by atoms with E-state index in [0.29, 0.717) is 36.4 Å². The third kappa shape index (κ3) is 4.37. The first kappa shape index (κ1) is 14.5. The summed E-state index contributed by atoms with van der Waals surface area (Å²) in [4.78, 5) is 8.45. The molecule has 0 aliphatic rings. The first-order valence-electron chi connectivity index (χ1n) is 6.18. The maximum atomic E-state index is 5.96. The standard InChI is InChI=1S/C12H22N4O2/c1-4-5-6-14-11-10(13)12(16-9(2)15-11)18-8-7-17-3/h4-8,13H2,1-3H3,(H,14,15,16). The third-order valence-electron chi connectivity index (χ3n) is 2.37. The maximum absolute atomic E-state index is 5.96. The highest BCUT2D eigenvalue weighted by Gasteiger charge is 2.10. The smallest absolute Gasteiger partial charge is 0.242 e. The first-order chi connectivity index (χ1) is 8.69. The minimum atomic E-state index is 0.415. The number of nitrogens with one attached hydrogen (secondary N) is 1. The van der Waals surface area contributed by atoms with Crippen molar-refractivity contribution in [3.05, 3.63) is 5.82 Å². The summed E-state index contributed by atoms with van der Waals surface area (Å²) in [5, 5.41) is 3.20. The molecule has 6 nitrogen and oxygen atoms in total. The predicted octanol–water partition coefficient (Wildman–Crippen LogP) is 1.60. The quantitative estimate of drug-likeness (QED) is 0.686. The highest BCUT2D eigenvalue weighted by molar-refractivity contribution is 5.66. The maximum Gasteiger partial charge on any atom is 0.242 e. The summed E-state index contributed by atoms with van der Waals surface area (Å²) >= 11 is 0. The summed E-state index contributed by atoms with van der Waals surface area (Å²) in [6.45, 7) is 5.71. The minimum absolute atomic E-state index is 0.415. The molecule has 0 saturated carbocycles. The number of hydrogen-bond donors (Lipinski definition) is 2. The Labute approximate surface area is 108 Å². The number of anilines is 2. The van der Waals surface area contributed by atoms with Crippen LogP contribution in [0.5, 0.6) is 5.88 Å². The molecule has 1 heterocycles. The third-order valence-corrected chi connectivity index (χ3v) is 2.37. The van der Waals surface area contributed by atoms with Gasteiger partial charge in [0.15, 0.2) is 5.82 Å². The number of rotatable bonds is 8. The molecule has 1 aromatic rings. The summed E-state index contributed by atoms with van der Waals surface area (Å²) in [5.41, 5.74) is 6.42. The van der Waals surface area contributed by atoms with Crippen molar-refractivity contribution in [2.45, 2.75) is 26.7 Å². The summed E-state index contributed by atoms with van der Waals surface area (Å²) in [5.74, 6) is 1.69. The second-order valence-electron chi connectivity index (χ2n) is 3.96. The van der Waals surface area contributed by atoms with Gasteiger partial charge in [-0.3, -0.25) is 0 Å². The summed E-state index contributed by atoms with van der Waals surface area (Å²) in [6.07, 6.45) is 2.19. The van der Waals surface area contributed by atoms with Crippen molar-refractivity contribution in [2.75, 3.05) is 37.9 Å². The van der Waals surface area contributed by atoms with Gasteiger partial charge in [0, 0.05) is 13.7 Å². The average Bonchev–Trinajstić information content (AvgIpc) is 2.35. The van der Waals surface area contributed by atoms with Crippen LogP contribution in [0.15, 0.2) is 0 Å². The van der Waals surface area contributed by atoms with Crippen molar-refractivity contribution in [3.63, 3.8) is 0 Å². The molecule has 18 heavy (non-hydrogen) atoms. The van der Waals surface area contributed by atoms with Crippen LogP contribution in [-0.2, 0) is 4.74 Å². The summed E-state index contributed by atoms with van der Waals surface area (Å²) in [6, 6.07) is 0. The highest BCUT2D eigenvalue weighted by Crippen LogP contribution is 2.25. The number of aryl methyl sites for hydroxylation is 1. The molecule has 0 aromatic carbocycles. The van der Waals surface area contributed by atoms with Crippen molar-refractivity contribution in [3.8, 4) is 5.88 Å². The summed E-state index contributed by atoms with van der Waals surface area (Å²) < 4.78 is 10.4. The normalized spacial score (nSPS) is 10.4. The molecule has 0 radical (unpaired) electrons. The van der Waals surface area contributed by atoms with E-state index < -0.39 is 0 Å². The van der Waals surface area contributed by atoms with Crippen molar-refractivity contribution in [2.24, 2.45) is 0 Å². The van der Waals surface area contributed by atoms with E-state index in [1.54, 1.807) is 7.11 Å². The van der Waals surface area contributed by atoms with E-state index in [1.807, 2.05) is 6.92 Å². The lowest BCUT2D eigenvalue weighted by Gasteiger charge is -2.12. The van der Waals surface area contributed by atoms with Crippen LogP contribution < -0.4 is 15.8 Å². The Bertz CT molecular complexity index is 340. The zero-order valence-electron chi connectivity index (χ0n) is 11.3. The van der Waals surface area contributed by atoms with Gasteiger partial charge in [0.1, 0.15) is 18.1 Å². The van der Waals surface area contributed by atoms with Gasteiger partial charge in [0.2, 0.25) is 5.88 Å². The largest absolute Gasteiger partial charge is 0.474 e. The van der Waals surface area contributed by atoms with Gasteiger partial charge in [-0.25, -0.2) is 4.98 Å². The van der Waals surface area contributed by atoms with Crippen LogP contribution in [0, 0.1) is 6.92 Å². The van der Waals surface area contributed by atoms with Crippen molar-refractivity contribution < 1.29 is 9.47 Å². The molecular weight excluding hydrogens is 232 g/mol. The molecule has 0 fully saturated rings. The molecule has 0 aliphatic heterocycles. The number of nitrogens with two attached hydrogens (primary N) is 1. The second kappa shape index (κ2) is 7.71. The Kier molecular flexibility index (Phi) is 6.21. The Morgan fingerprint density at radius 2 is 2.06 bits per heavy atom. The van der Waals surface area contributed by atoms with E-state index in [1.165, 1.54) is 0 Å². The molecule has 0 amide bonds. The van der Waals surface area contributed by atoms with Crippen LogP contribution in [-0.4, -0.2) is 36.8 Å². The van der Waals surface area contributed by atoms with Gasteiger partial charge in [-0.1, -0.05) is 13.3 Å². The summed E-state index contributed by atoms with van der Waals surface area (Å²) in [7, 11) is 1.62. The molecule has 0 saturated heterocycles. The van der Waals surface area contributed by atoms with Gasteiger partial charge in [0.05, 0.1) is 6.61 Å². The monoisotopic (exact) mass is 254 g/mol. The number of ether oxygens (including phenoxy) is 2. The van der Waals surface area contributed by atoms with Gasteiger partial charge in [0.25, 0.3) is 0 Å². The number of nitrogens with zero attached hydrogens (tertiary/aromatic N) is 2. The lowest BCUT2D eigenvalue weighted by Crippen LogP contribution is -2.12.